The fraction of sp³-hybridized carbons (Fsp3) is 0.111. The maximum absolute atomic E-state index is 13.1. The molecule has 10 nitrogen and oxygen atoms in total. The predicted octanol–water partition coefficient (Wildman–Crippen LogP) is 3.25. The Labute approximate surface area is 240 Å². The third-order valence-corrected chi connectivity index (χ3v) is 8.92. The maximum atomic E-state index is 13.1. The van der Waals surface area contributed by atoms with Crippen LogP contribution >= 0.6 is 23.7 Å². The number of aromatic nitrogens is 1. The number of thiazole rings is 1. The van der Waals surface area contributed by atoms with Crippen LogP contribution in [0.2, 0.25) is 0 Å². The maximum Gasteiger partial charge on any atom is 0.257 e. The zero-order chi connectivity index (χ0) is 27.6. The highest BCUT2D eigenvalue weighted by molar-refractivity contribution is 7.91. The largest absolute Gasteiger partial charge is 0.351 e. The second-order valence-electron chi connectivity index (χ2n) is 8.60. The average molecular weight is 598 g/mol. The van der Waals surface area contributed by atoms with Gasteiger partial charge in [-0.3, -0.25) is 14.4 Å². The molecule has 0 atom stereocenters. The lowest BCUT2D eigenvalue weighted by molar-refractivity contribution is 0.0944. The summed E-state index contributed by atoms with van der Waals surface area (Å²) >= 11 is 1.39. The SMILES string of the molecule is Cl.NCCNC(=O)c1ccc(-c2ncc(CNC(=O)c3ccc4c(c3)NC(=O)c3ccccc3S4(=O)=O)s2)cc1. The first-order valence-electron chi connectivity index (χ1n) is 11.9. The Balaban J connectivity index is 0.00000370. The molecule has 0 saturated heterocycles. The van der Waals surface area contributed by atoms with E-state index < -0.39 is 21.7 Å². The van der Waals surface area contributed by atoms with E-state index in [1.807, 2.05) is 0 Å². The fourth-order valence-electron chi connectivity index (χ4n) is 4.04. The Morgan fingerprint density at radius 1 is 0.925 bits per heavy atom. The van der Waals surface area contributed by atoms with Crippen LogP contribution in [-0.2, 0) is 16.4 Å². The van der Waals surface area contributed by atoms with Crippen molar-refractivity contribution in [3.63, 3.8) is 0 Å². The van der Waals surface area contributed by atoms with Gasteiger partial charge in [0.15, 0.2) is 0 Å². The number of nitrogens with one attached hydrogen (secondary N) is 3. The van der Waals surface area contributed by atoms with Crippen molar-refractivity contribution in [1.29, 1.82) is 0 Å². The number of hydrogen-bond donors (Lipinski definition) is 4. The number of fused-ring (bicyclic) bond motifs is 2. The lowest BCUT2D eigenvalue weighted by Crippen LogP contribution is -2.28. The standard InChI is InChI=1S/C27H23N5O5S2.ClH/c28-11-12-29-24(33)16-5-7-17(8-6-16)27-31-15-19(38-27)14-30-25(34)18-9-10-23-21(13-18)32-26(35)20-3-1-2-4-22(20)39(23,36)37;/h1-10,13,15H,11-12,14,28H2,(H,29,33)(H,30,34)(H,32,35);1H. The van der Waals surface area contributed by atoms with Gasteiger partial charge in [0.25, 0.3) is 17.7 Å². The average Bonchev–Trinajstić information content (AvgIpc) is 3.40. The van der Waals surface area contributed by atoms with E-state index in [1.54, 1.807) is 42.6 Å². The van der Waals surface area contributed by atoms with Crippen molar-refractivity contribution >= 4 is 57.0 Å². The third-order valence-electron chi connectivity index (χ3n) is 6.00. The first kappa shape index (κ1) is 28.9. The van der Waals surface area contributed by atoms with Crippen LogP contribution in [0.4, 0.5) is 5.69 Å². The molecule has 2 heterocycles. The van der Waals surface area contributed by atoms with Gasteiger partial charge in [0.05, 0.1) is 27.6 Å². The van der Waals surface area contributed by atoms with Crippen LogP contribution in [0, 0.1) is 0 Å². The molecule has 5 rings (SSSR count). The number of amides is 3. The van der Waals surface area contributed by atoms with E-state index >= 15 is 0 Å². The molecule has 0 aliphatic carbocycles. The monoisotopic (exact) mass is 597 g/mol. The van der Waals surface area contributed by atoms with E-state index in [0.29, 0.717) is 18.7 Å². The highest BCUT2D eigenvalue weighted by Gasteiger charge is 2.31. The predicted molar refractivity (Wildman–Crippen MR) is 154 cm³/mol. The van der Waals surface area contributed by atoms with Gasteiger partial charge in [-0.15, -0.1) is 23.7 Å². The Hall–Kier alpha value is -4.10. The van der Waals surface area contributed by atoms with Crippen LogP contribution in [0.15, 0.2) is 82.7 Å². The highest BCUT2D eigenvalue weighted by atomic mass is 35.5. The number of carbonyl (C=O) groups is 3. The molecule has 1 aliphatic rings. The first-order valence-corrected chi connectivity index (χ1v) is 14.2. The summed E-state index contributed by atoms with van der Waals surface area (Å²) in [6.07, 6.45) is 1.66. The van der Waals surface area contributed by atoms with E-state index in [0.717, 1.165) is 15.4 Å². The number of nitrogens with zero attached hydrogens (tertiary/aromatic N) is 1. The van der Waals surface area contributed by atoms with Crippen molar-refractivity contribution in [2.45, 2.75) is 16.3 Å². The van der Waals surface area contributed by atoms with Gasteiger partial charge in [0.2, 0.25) is 9.84 Å². The molecule has 0 spiro atoms. The Morgan fingerprint density at radius 3 is 2.38 bits per heavy atom. The zero-order valence-corrected chi connectivity index (χ0v) is 23.3. The molecule has 0 fully saturated rings. The van der Waals surface area contributed by atoms with Gasteiger partial charge in [0, 0.05) is 40.9 Å². The van der Waals surface area contributed by atoms with Gasteiger partial charge in [-0.05, 0) is 42.5 Å². The number of halogens is 1. The number of carbonyl (C=O) groups excluding carboxylic acids is 3. The van der Waals surface area contributed by atoms with E-state index in [9.17, 15) is 22.8 Å². The summed E-state index contributed by atoms with van der Waals surface area (Å²) in [4.78, 5) is 42.6. The van der Waals surface area contributed by atoms with Crippen molar-refractivity contribution in [2.75, 3.05) is 18.4 Å². The Bertz CT molecular complexity index is 1700. The van der Waals surface area contributed by atoms with Gasteiger partial charge in [0.1, 0.15) is 5.01 Å². The summed E-state index contributed by atoms with van der Waals surface area (Å²) in [5, 5.41) is 8.85. The summed E-state index contributed by atoms with van der Waals surface area (Å²) in [5.74, 6) is -1.20. The van der Waals surface area contributed by atoms with Crippen LogP contribution in [0.1, 0.15) is 36.0 Å². The first-order chi connectivity index (χ1) is 18.8. The molecule has 3 aromatic carbocycles. The van der Waals surface area contributed by atoms with Crippen molar-refractivity contribution in [1.82, 2.24) is 15.6 Å². The van der Waals surface area contributed by atoms with Crippen LogP contribution < -0.4 is 21.7 Å². The van der Waals surface area contributed by atoms with Gasteiger partial charge >= 0.3 is 0 Å². The molecule has 0 radical (unpaired) electrons. The molecule has 13 heteroatoms. The Morgan fingerprint density at radius 2 is 1.62 bits per heavy atom. The highest BCUT2D eigenvalue weighted by Crippen LogP contribution is 2.34. The normalized spacial score (nSPS) is 13.1. The van der Waals surface area contributed by atoms with E-state index in [4.69, 9.17) is 5.73 Å². The molecule has 0 unspecified atom stereocenters. The lowest BCUT2D eigenvalue weighted by Gasteiger charge is -2.10. The molecule has 1 aromatic heterocycles. The zero-order valence-electron chi connectivity index (χ0n) is 20.8. The van der Waals surface area contributed by atoms with Crippen molar-refractivity contribution < 1.29 is 22.8 Å². The summed E-state index contributed by atoms with van der Waals surface area (Å²) in [6.45, 7) is 0.959. The molecule has 0 saturated carbocycles. The topological polar surface area (TPSA) is 160 Å². The minimum Gasteiger partial charge on any atom is -0.351 e. The van der Waals surface area contributed by atoms with Crippen LogP contribution in [0.25, 0.3) is 10.6 Å². The van der Waals surface area contributed by atoms with Crippen LogP contribution in [0.3, 0.4) is 0 Å². The van der Waals surface area contributed by atoms with Crippen molar-refractivity contribution in [3.8, 4) is 10.6 Å². The van der Waals surface area contributed by atoms with Gasteiger partial charge < -0.3 is 21.7 Å². The van der Waals surface area contributed by atoms with Crippen LogP contribution in [-0.4, -0.2) is 44.2 Å². The molecular weight excluding hydrogens is 574 g/mol. The number of benzene rings is 3. The smallest absolute Gasteiger partial charge is 0.257 e. The number of rotatable bonds is 7. The minimum absolute atomic E-state index is 0. The fourth-order valence-corrected chi connectivity index (χ4v) is 6.49. The Kier molecular flexibility index (Phi) is 8.64. The third kappa shape index (κ3) is 5.75. The molecular formula is C27H24ClN5O5S2. The van der Waals surface area contributed by atoms with E-state index in [1.165, 1.54) is 41.7 Å². The van der Waals surface area contributed by atoms with Crippen molar-refractivity contribution in [3.05, 3.63) is 94.5 Å². The molecule has 1 aliphatic heterocycles. The lowest BCUT2D eigenvalue weighted by atomic mass is 10.1. The van der Waals surface area contributed by atoms with Gasteiger partial charge in [-0.1, -0.05) is 24.3 Å². The van der Waals surface area contributed by atoms with Crippen molar-refractivity contribution in [2.24, 2.45) is 5.73 Å². The van der Waals surface area contributed by atoms with Crippen LogP contribution in [0.5, 0.6) is 0 Å². The second-order valence-corrected chi connectivity index (χ2v) is 11.6. The van der Waals surface area contributed by atoms with E-state index in [-0.39, 0.29) is 51.5 Å². The summed E-state index contributed by atoms with van der Waals surface area (Å²) in [5.41, 5.74) is 7.05. The summed E-state index contributed by atoms with van der Waals surface area (Å²) in [6, 6.07) is 17.1. The number of nitrogens with two attached hydrogens (primary N) is 1. The molecule has 4 aromatic rings. The number of sulfone groups is 1. The number of hydrogen-bond acceptors (Lipinski definition) is 8. The molecule has 206 valence electrons. The molecule has 40 heavy (non-hydrogen) atoms. The molecule has 3 amide bonds. The molecule has 5 N–H and O–H groups in total. The quantitative estimate of drug-likeness (QED) is 0.254. The summed E-state index contributed by atoms with van der Waals surface area (Å²) in [7, 11) is -3.95. The molecule has 0 bridgehead atoms. The minimum atomic E-state index is -3.95. The number of anilines is 1. The van der Waals surface area contributed by atoms with E-state index in [2.05, 4.69) is 20.9 Å². The summed E-state index contributed by atoms with van der Waals surface area (Å²) < 4.78 is 26.3. The van der Waals surface area contributed by atoms with Gasteiger partial charge in [-0.2, -0.15) is 0 Å². The van der Waals surface area contributed by atoms with Gasteiger partial charge in [-0.25, -0.2) is 13.4 Å². The second kappa shape index (κ2) is 12.0.